The highest BCUT2D eigenvalue weighted by Gasteiger charge is 2.21. The van der Waals surface area contributed by atoms with Crippen molar-refractivity contribution in [2.45, 2.75) is 17.9 Å². The van der Waals surface area contributed by atoms with E-state index >= 15 is 0 Å². The summed E-state index contributed by atoms with van der Waals surface area (Å²) in [5.74, 6) is -0.227. The zero-order valence-corrected chi connectivity index (χ0v) is 19.5. The van der Waals surface area contributed by atoms with Crippen molar-refractivity contribution < 1.29 is 13.2 Å². The number of benzene rings is 2. The summed E-state index contributed by atoms with van der Waals surface area (Å²) in [4.78, 5) is 21.2. The van der Waals surface area contributed by atoms with Crippen molar-refractivity contribution in [2.75, 3.05) is 12.4 Å². The van der Waals surface area contributed by atoms with E-state index in [1.165, 1.54) is 27.8 Å². The van der Waals surface area contributed by atoms with Gasteiger partial charge in [-0.05, 0) is 42.0 Å². The predicted octanol–water partition coefficient (Wildman–Crippen LogP) is 4.21. The van der Waals surface area contributed by atoms with Crippen LogP contribution in [0.2, 0.25) is 0 Å². The van der Waals surface area contributed by atoms with Gasteiger partial charge in [0.15, 0.2) is 0 Å². The number of anilines is 1. The summed E-state index contributed by atoms with van der Waals surface area (Å²) in [5.41, 5.74) is 3.00. The normalized spacial score (nSPS) is 11.5. The van der Waals surface area contributed by atoms with Crippen LogP contribution < -0.4 is 5.32 Å². The summed E-state index contributed by atoms with van der Waals surface area (Å²) < 4.78 is 27.0. The van der Waals surface area contributed by atoms with E-state index < -0.39 is 10.0 Å². The molecule has 1 N–H and O–H groups in total. The molecule has 0 aliphatic heterocycles. The van der Waals surface area contributed by atoms with Crippen LogP contribution in [0.25, 0.3) is 10.6 Å². The quantitative estimate of drug-likeness (QED) is 0.410. The standard InChI is InChI=1S/C24H22N4O3S2/c1-28(16-18-6-3-2-4-7-18)33(30,31)22-11-9-20(10-12-22)26-23(29)14-21-17-32-24(27-21)19-8-5-13-25-15-19/h2-13,15,17H,14,16H2,1H3,(H,26,29). The topological polar surface area (TPSA) is 92.3 Å². The van der Waals surface area contributed by atoms with Crippen molar-refractivity contribution in [3.63, 3.8) is 0 Å². The van der Waals surface area contributed by atoms with E-state index in [9.17, 15) is 13.2 Å². The molecule has 4 aromatic rings. The van der Waals surface area contributed by atoms with Gasteiger partial charge in [-0.1, -0.05) is 30.3 Å². The van der Waals surface area contributed by atoms with Crippen LogP contribution in [-0.2, 0) is 27.8 Å². The molecule has 7 nitrogen and oxygen atoms in total. The molecule has 0 aliphatic carbocycles. The first-order chi connectivity index (χ1) is 15.9. The van der Waals surface area contributed by atoms with Crippen LogP contribution in [0, 0.1) is 0 Å². The summed E-state index contributed by atoms with van der Waals surface area (Å²) in [7, 11) is -2.10. The molecule has 0 unspecified atom stereocenters. The molecule has 33 heavy (non-hydrogen) atoms. The Bertz CT molecular complexity index is 1320. The molecule has 0 saturated heterocycles. The first kappa shape index (κ1) is 22.8. The average Bonchev–Trinajstić information content (AvgIpc) is 3.29. The van der Waals surface area contributed by atoms with E-state index in [1.807, 2.05) is 47.8 Å². The first-order valence-corrected chi connectivity index (χ1v) is 12.5. The number of rotatable bonds is 8. The van der Waals surface area contributed by atoms with Gasteiger partial charge in [0, 0.05) is 42.6 Å². The summed E-state index contributed by atoms with van der Waals surface area (Å²) >= 11 is 1.46. The van der Waals surface area contributed by atoms with Crippen molar-refractivity contribution in [2.24, 2.45) is 0 Å². The highest BCUT2D eigenvalue weighted by atomic mass is 32.2. The van der Waals surface area contributed by atoms with E-state index in [-0.39, 0.29) is 23.8 Å². The molecule has 0 bridgehead atoms. The first-order valence-electron chi connectivity index (χ1n) is 10.2. The number of thiazole rings is 1. The third-order valence-corrected chi connectivity index (χ3v) is 7.65. The molecule has 2 heterocycles. The minimum Gasteiger partial charge on any atom is -0.326 e. The predicted molar refractivity (Wildman–Crippen MR) is 129 cm³/mol. The fourth-order valence-corrected chi connectivity index (χ4v) is 5.16. The average molecular weight is 479 g/mol. The van der Waals surface area contributed by atoms with Crippen molar-refractivity contribution in [3.8, 4) is 10.6 Å². The second-order valence-corrected chi connectivity index (χ2v) is 10.3. The number of nitrogens with one attached hydrogen (secondary N) is 1. The van der Waals surface area contributed by atoms with Crippen LogP contribution in [0.5, 0.6) is 0 Å². The van der Waals surface area contributed by atoms with E-state index in [2.05, 4.69) is 15.3 Å². The third kappa shape index (κ3) is 5.70. The lowest BCUT2D eigenvalue weighted by atomic mass is 10.2. The second kappa shape index (κ2) is 10.0. The Balaban J connectivity index is 1.37. The Hall–Kier alpha value is -3.40. The maximum atomic E-state index is 12.9. The number of sulfonamides is 1. The smallest absolute Gasteiger partial charge is 0.243 e. The molecular weight excluding hydrogens is 456 g/mol. The van der Waals surface area contributed by atoms with E-state index in [0.717, 1.165) is 16.1 Å². The SMILES string of the molecule is CN(Cc1ccccc1)S(=O)(=O)c1ccc(NC(=O)Cc2csc(-c3cccnc3)n2)cc1. The Morgan fingerprint density at radius 2 is 1.79 bits per heavy atom. The molecule has 0 spiro atoms. The van der Waals surface area contributed by atoms with Crippen molar-refractivity contribution in [1.82, 2.24) is 14.3 Å². The largest absolute Gasteiger partial charge is 0.326 e. The molecule has 1 amide bonds. The van der Waals surface area contributed by atoms with Crippen molar-refractivity contribution >= 4 is 33.0 Å². The Kier molecular flexibility index (Phi) is 6.93. The van der Waals surface area contributed by atoms with Gasteiger partial charge in [-0.25, -0.2) is 13.4 Å². The number of carbonyl (C=O) groups excluding carboxylic acids is 1. The number of hydrogen-bond donors (Lipinski definition) is 1. The van der Waals surface area contributed by atoms with Gasteiger partial charge in [0.2, 0.25) is 15.9 Å². The molecule has 2 aromatic heterocycles. The highest BCUT2D eigenvalue weighted by Crippen LogP contribution is 2.23. The molecular formula is C24H22N4O3S2. The maximum Gasteiger partial charge on any atom is 0.243 e. The zero-order valence-electron chi connectivity index (χ0n) is 17.9. The van der Waals surface area contributed by atoms with E-state index in [1.54, 1.807) is 31.6 Å². The summed E-state index contributed by atoms with van der Waals surface area (Å²) in [5, 5.41) is 5.45. The second-order valence-electron chi connectivity index (χ2n) is 7.38. The van der Waals surface area contributed by atoms with Gasteiger partial charge >= 0.3 is 0 Å². The number of aromatic nitrogens is 2. The van der Waals surface area contributed by atoms with Crippen molar-refractivity contribution in [1.29, 1.82) is 0 Å². The van der Waals surface area contributed by atoms with Gasteiger partial charge < -0.3 is 5.32 Å². The van der Waals surface area contributed by atoms with Gasteiger partial charge in [-0.15, -0.1) is 11.3 Å². The molecule has 0 radical (unpaired) electrons. The van der Waals surface area contributed by atoms with Gasteiger partial charge in [0.05, 0.1) is 17.0 Å². The van der Waals surface area contributed by atoms with Crippen LogP contribution in [0.1, 0.15) is 11.3 Å². The highest BCUT2D eigenvalue weighted by molar-refractivity contribution is 7.89. The third-order valence-electron chi connectivity index (χ3n) is 4.90. The summed E-state index contributed by atoms with van der Waals surface area (Å²) in [6.45, 7) is 0.274. The van der Waals surface area contributed by atoms with Crippen LogP contribution in [0.15, 0.2) is 89.4 Å². The van der Waals surface area contributed by atoms with E-state index in [0.29, 0.717) is 11.4 Å². The van der Waals surface area contributed by atoms with Crippen LogP contribution >= 0.6 is 11.3 Å². The molecule has 4 rings (SSSR count). The Morgan fingerprint density at radius 3 is 2.48 bits per heavy atom. The minimum absolute atomic E-state index is 0.122. The lowest BCUT2D eigenvalue weighted by Gasteiger charge is -2.17. The van der Waals surface area contributed by atoms with Crippen LogP contribution in [0.3, 0.4) is 0 Å². The molecule has 0 fully saturated rings. The minimum atomic E-state index is -3.65. The number of carbonyl (C=O) groups is 1. The Labute approximate surface area is 196 Å². The monoisotopic (exact) mass is 478 g/mol. The van der Waals surface area contributed by atoms with Crippen LogP contribution in [0.4, 0.5) is 5.69 Å². The molecule has 0 aliphatic rings. The molecule has 0 saturated carbocycles. The number of nitrogens with zero attached hydrogens (tertiary/aromatic N) is 3. The summed E-state index contributed by atoms with van der Waals surface area (Å²) in [6, 6.07) is 19.3. The van der Waals surface area contributed by atoms with Crippen LogP contribution in [-0.4, -0.2) is 35.6 Å². The zero-order chi connectivity index (χ0) is 23.3. The fourth-order valence-electron chi connectivity index (χ4n) is 3.20. The number of amides is 1. The fraction of sp³-hybridized carbons (Fsp3) is 0.125. The Morgan fingerprint density at radius 1 is 1.03 bits per heavy atom. The van der Waals surface area contributed by atoms with Gasteiger partial charge in [0.25, 0.3) is 0 Å². The van der Waals surface area contributed by atoms with Gasteiger partial charge in [-0.3, -0.25) is 9.78 Å². The molecule has 9 heteroatoms. The van der Waals surface area contributed by atoms with Gasteiger partial charge in [0.1, 0.15) is 5.01 Å². The lowest BCUT2D eigenvalue weighted by molar-refractivity contribution is -0.115. The maximum absolute atomic E-state index is 12.9. The van der Waals surface area contributed by atoms with Crippen molar-refractivity contribution in [3.05, 3.63) is 95.8 Å². The van der Waals surface area contributed by atoms with Gasteiger partial charge in [-0.2, -0.15) is 4.31 Å². The molecule has 2 aromatic carbocycles. The lowest BCUT2D eigenvalue weighted by Crippen LogP contribution is -2.26. The number of hydrogen-bond acceptors (Lipinski definition) is 6. The molecule has 0 atom stereocenters. The molecule has 168 valence electrons. The van der Waals surface area contributed by atoms with E-state index in [4.69, 9.17) is 0 Å². The number of pyridine rings is 1. The summed E-state index contributed by atoms with van der Waals surface area (Å²) in [6.07, 6.45) is 3.55.